The van der Waals surface area contributed by atoms with Crippen LogP contribution in [0.15, 0.2) is 59.7 Å². The van der Waals surface area contributed by atoms with Crippen LogP contribution >= 0.6 is 0 Å². The topological polar surface area (TPSA) is 73.7 Å². The van der Waals surface area contributed by atoms with Gasteiger partial charge in [0.15, 0.2) is 11.9 Å². The lowest BCUT2D eigenvalue weighted by atomic mass is 9.87. The van der Waals surface area contributed by atoms with Crippen molar-refractivity contribution in [2.24, 2.45) is 12.0 Å². The molecule has 38 heavy (non-hydrogen) atoms. The molecule has 0 saturated carbocycles. The molecule has 0 aliphatic rings. The largest absolute Gasteiger partial charge is 0.862 e. The van der Waals surface area contributed by atoms with Crippen LogP contribution in [-0.2, 0) is 37.5 Å². The molecule has 0 fully saturated rings. The normalized spacial score (nSPS) is 12.8. The molecule has 0 unspecified atom stereocenters. The Hall–Kier alpha value is -2.99. The molecular formula is C32H48N5O+. The molecule has 0 aliphatic carbocycles. The van der Waals surface area contributed by atoms with E-state index < -0.39 is 0 Å². The predicted molar refractivity (Wildman–Crippen MR) is 153 cm³/mol. The van der Waals surface area contributed by atoms with Crippen molar-refractivity contribution in [3.05, 3.63) is 82.7 Å². The molecule has 0 amide bonds. The van der Waals surface area contributed by atoms with Gasteiger partial charge in [-0.15, -0.1) is 9.36 Å². The molecule has 3 rings (SSSR count). The number of aromatic nitrogens is 3. The lowest BCUT2D eigenvalue weighted by molar-refractivity contribution is -0.747. The number of nitrogens with two attached hydrogens (primary N) is 1. The highest BCUT2D eigenvalue weighted by Gasteiger charge is 2.15. The van der Waals surface area contributed by atoms with E-state index in [-0.39, 0.29) is 16.7 Å². The minimum absolute atomic E-state index is 0.0153. The second-order valence-electron chi connectivity index (χ2n) is 12.5. The number of aliphatic imine (C=N–C) groups is 1. The maximum atomic E-state index is 12.3. The van der Waals surface area contributed by atoms with Crippen molar-refractivity contribution in [1.29, 1.82) is 0 Å². The van der Waals surface area contributed by atoms with Gasteiger partial charge in [0.05, 0.1) is 11.8 Å². The van der Waals surface area contributed by atoms with Gasteiger partial charge in [-0.3, -0.25) is 4.99 Å². The minimum atomic E-state index is -0.0153. The van der Waals surface area contributed by atoms with Gasteiger partial charge in [0, 0.05) is 5.56 Å². The Bertz CT molecular complexity index is 1160. The summed E-state index contributed by atoms with van der Waals surface area (Å²) in [5, 5.41) is 19.2. The number of benzene rings is 2. The lowest BCUT2D eigenvalue weighted by Crippen LogP contribution is -2.82. The first-order chi connectivity index (χ1) is 17.9. The van der Waals surface area contributed by atoms with Crippen LogP contribution in [0.3, 0.4) is 0 Å². The van der Waals surface area contributed by atoms with E-state index in [1.165, 1.54) is 22.3 Å². The Kier molecular flexibility index (Phi) is 10.3. The molecule has 2 aromatic carbocycles. The predicted octanol–water partition coefficient (Wildman–Crippen LogP) is 3.93. The Labute approximate surface area is 229 Å². The molecule has 0 aliphatic heterocycles. The first kappa shape index (κ1) is 29.6. The van der Waals surface area contributed by atoms with E-state index in [4.69, 9.17) is 0 Å². The van der Waals surface area contributed by atoms with Gasteiger partial charge in [-0.25, -0.2) is 0 Å². The molecule has 1 heterocycles. The summed E-state index contributed by atoms with van der Waals surface area (Å²) in [7, 11) is 1.91. The van der Waals surface area contributed by atoms with Gasteiger partial charge in [0.25, 0.3) is 0 Å². The van der Waals surface area contributed by atoms with Crippen LogP contribution in [0.25, 0.3) is 0 Å². The van der Waals surface area contributed by atoms with Crippen molar-refractivity contribution in [3.8, 4) is 0 Å². The Balaban J connectivity index is 1.34. The summed E-state index contributed by atoms with van der Waals surface area (Å²) in [4.78, 5) is 4.29. The summed E-state index contributed by atoms with van der Waals surface area (Å²) in [6.45, 7) is 16.6. The highest BCUT2D eigenvalue weighted by Crippen LogP contribution is 2.23. The van der Waals surface area contributed by atoms with Crippen LogP contribution in [0, 0.1) is 0 Å². The van der Waals surface area contributed by atoms with Crippen LogP contribution in [0.2, 0.25) is 0 Å². The number of aryl methyl sites for hydroxylation is 1. The zero-order valence-corrected chi connectivity index (χ0v) is 24.6. The first-order valence-electron chi connectivity index (χ1n) is 14.1. The van der Waals surface area contributed by atoms with Gasteiger partial charge in [0.2, 0.25) is 0 Å². The van der Waals surface area contributed by atoms with Crippen molar-refractivity contribution in [3.63, 3.8) is 0 Å². The highest BCUT2D eigenvalue weighted by molar-refractivity contribution is 5.71. The molecule has 3 aromatic rings. The van der Waals surface area contributed by atoms with Crippen molar-refractivity contribution < 1.29 is 15.1 Å². The molecule has 0 radical (unpaired) electrons. The number of unbranched alkanes of at least 4 members (excludes halogenated alkanes) is 2. The van der Waals surface area contributed by atoms with Gasteiger partial charge in [-0.1, -0.05) is 90.1 Å². The Morgan fingerprint density at radius 3 is 2.03 bits per heavy atom. The fraction of sp³-hybridized carbons (Fsp3) is 0.531. The zero-order chi connectivity index (χ0) is 27.8. The first-order valence-corrected chi connectivity index (χ1v) is 14.1. The second kappa shape index (κ2) is 13.2. The molecule has 6 nitrogen and oxygen atoms in total. The molecule has 6 heteroatoms. The zero-order valence-electron chi connectivity index (χ0n) is 24.6. The Morgan fingerprint density at radius 1 is 0.868 bits per heavy atom. The summed E-state index contributed by atoms with van der Waals surface area (Å²) < 4.78 is 3.73. The maximum Gasteiger partial charge on any atom is 0.188 e. The van der Waals surface area contributed by atoms with E-state index in [0.717, 1.165) is 38.0 Å². The number of quaternary nitrogens is 1. The van der Waals surface area contributed by atoms with E-state index in [9.17, 15) is 5.11 Å². The lowest BCUT2D eigenvalue weighted by Gasteiger charge is -2.18. The molecule has 0 bridgehead atoms. The molecule has 1 aromatic heterocycles. The third kappa shape index (κ3) is 9.39. The van der Waals surface area contributed by atoms with Crippen molar-refractivity contribution >= 4 is 5.90 Å². The van der Waals surface area contributed by atoms with Crippen LogP contribution in [0.5, 0.6) is 0 Å². The van der Waals surface area contributed by atoms with Crippen LogP contribution in [0.1, 0.15) is 95.2 Å². The molecule has 206 valence electrons. The molecule has 0 saturated heterocycles. The third-order valence-electron chi connectivity index (χ3n) is 7.04. The number of hydrogen-bond donors (Lipinski definition) is 1. The molecule has 2 N–H and O–H groups in total. The molecular weight excluding hydrogens is 470 g/mol. The van der Waals surface area contributed by atoms with Gasteiger partial charge >= 0.3 is 0 Å². The van der Waals surface area contributed by atoms with Crippen LogP contribution in [-0.4, -0.2) is 22.3 Å². The van der Waals surface area contributed by atoms with Gasteiger partial charge in [0.1, 0.15) is 26.7 Å². The number of nitrogens with zero attached hydrogens (tertiary/aromatic N) is 4. The number of rotatable bonds is 12. The number of hydrogen-bond acceptors (Lipinski definition) is 3. The summed E-state index contributed by atoms with van der Waals surface area (Å²) in [5.41, 5.74) is 6.56. The quantitative estimate of drug-likeness (QED) is 0.171. The van der Waals surface area contributed by atoms with Gasteiger partial charge < -0.3 is 10.4 Å². The summed E-state index contributed by atoms with van der Waals surface area (Å²) >= 11 is 0. The SMILES string of the molecule is Cn1n[n+](Cc2ccc(C(C)(C)C)cc2)cc1CN=C([O-])CCCCC[NH2+]Cc1ccc(C(C)(C)C)cc1. The second-order valence-corrected chi connectivity index (χ2v) is 12.5. The monoisotopic (exact) mass is 518 g/mol. The average molecular weight is 519 g/mol. The fourth-order valence-electron chi connectivity index (χ4n) is 4.43. The van der Waals surface area contributed by atoms with E-state index in [2.05, 4.69) is 106 Å². The summed E-state index contributed by atoms with van der Waals surface area (Å²) in [6.07, 6.45) is 5.58. The van der Waals surface area contributed by atoms with Crippen LogP contribution < -0.4 is 15.1 Å². The van der Waals surface area contributed by atoms with Crippen molar-refractivity contribution in [2.75, 3.05) is 6.54 Å². The fourth-order valence-corrected chi connectivity index (χ4v) is 4.43. The maximum absolute atomic E-state index is 12.3. The van der Waals surface area contributed by atoms with Gasteiger partial charge in [-0.05, 0) is 59.1 Å². The standard InChI is InChI=1S/C32H47N5O/c1-31(2,3)27-16-12-25(13-17-27)21-33-20-10-8-9-11-30(38)34-22-29-24-37(35-36(29)7)23-26-14-18-28(19-15-26)32(4,5)6/h12-19,24,33H,8-11,20-23H2,1-7H3/p+1. The third-order valence-corrected chi connectivity index (χ3v) is 7.04. The van der Waals surface area contributed by atoms with Gasteiger partial charge in [-0.2, -0.15) is 0 Å². The summed E-state index contributed by atoms with van der Waals surface area (Å²) in [6, 6.07) is 17.7. The van der Waals surface area contributed by atoms with Crippen molar-refractivity contribution in [1.82, 2.24) is 9.90 Å². The summed E-state index contributed by atoms with van der Waals surface area (Å²) in [5.74, 6) is -0.0153. The average Bonchev–Trinajstić information content (AvgIpc) is 3.20. The van der Waals surface area contributed by atoms with Crippen molar-refractivity contribution in [2.45, 2.75) is 97.7 Å². The smallest absolute Gasteiger partial charge is 0.188 e. The van der Waals surface area contributed by atoms with E-state index in [1.807, 2.05) is 22.6 Å². The van der Waals surface area contributed by atoms with E-state index in [0.29, 0.717) is 19.5 Å². The molecule has 0 spiro atoms. The minimum Gasteiger partial charge on any atom is -0.862 e. The Morgan fingerprint density at radius 2 is 1.45 bits per heavy atom. The van der Waals surface area contributed by atoms with Crippen LogP contribution in [0.4, 0.5) is 0 Å². The highest BCUT2D eigenvalue weighted by atomic mass is 16.3. The van der Waals surface area contributed by atoms with E-state index >= 15 is 0 Å². The molecule has 0 atom stereocenters. The van der Waals surface area contributed by atoms with E-state index in [1.54, 1.807) is 0 Å².